The van der Waals surface area contributed by atoms with Gasteiger partial charge in [-0.05, 0) is 12.5 Å². The van der Waals surface area contributed by atoms with Crippen molar-refractivity contribution in [1.29, 1.82) is 0 Å². The maximum absolute atomic E-state index is 4.36. The highest BCUT2D eigenvalue weighted by Crippen LogP contribution is 2.23. The van der Waals surface area contributed by atoms with Crippen molar-refractivity contribution < 1.29 is 0 Å². The summed E-state index contributed by atoms with van der Waals surface area (Å²) in [6.07, 6.45) is 5.71. The number of aromatic nitrogens is 4. The third kappa shape index (κ3) is 1.51. The van der Waals surface area contributed by atoms with Gasteiger partial charge in [-0.25, -0.2) is 9.97 Å². The SMILES string of the molecule is CSc1nc(SC)c2cn[nH]c2n1. The lowest BCUT2D eigenvalue weighted by Crippen LogP contribution is -1.89. The van der Waals surface area contributed by atoms with E-state index in [0.29, 0.717) is 0 Å². The van der Waals surface area contributed by atoms with Crippen LogP contribution in [0.3, 0.4) is 0 Å². The fourth-order valence-corrected chi connectivity index (χ4v) is 2.01. The summed E-state index contributed by atoms with van der Waals surface area (Å²) in [7, 11) is 0. The monoisotopic (exact) mass is 212 g/mol. The molecule has 68 valence electrons. The van der Waals surface area contributed by atoms with Gasteiger partial charge < -0.3 is 0 Å². The van der Waals surface area contributed by atoms with Crippen molar-refractivity contribution in [2.75, 3.05) is 12.5 Å². The Balaban J connectivity index is 2.70. The van der Waals surface area contributed by atoms with E-state index in [1.54, 1.807) is 18.0 Å². The quantitative estimate of drug-likeness (QED) is 0.467. The van der Waals surface area contributed by atoms with Crippen molar-refractivity contribution in [2.45, 2.75) is 10.2 Å². The summed E-state index contributed by atoms with van der Waals surface area (Å²) in [5.41, 5.74) is 0.809. The Morgan fingerprint density at radius 3 is 2.77 bits per heavy atom. The summed E-state index contributed by atoms with van der Waals surface area (Å²) in [5, 5.41) is 9.52. The highest BCUT2D eigenvalue weighted by molar-refractivity contribution is 7.99. The minimum absolute atomic E-state index is 0.779. The second-order valence-corrected chi connectivity index (χ2v) is 3.92. The molecule has 0 amide bonds. The van der Waals surface area contributed by atoms with E-state index < -0.39 is 0 Å². The van der Waals surface area contributed by atoms with Gasteiger partial charge in [-0.2, -0.15) is 5.10 Å². The van der Waals surface area contributed by atoms with E-state index in [1.165, 1.54) is 11.8 Å². The molecular weight excluding hydrogens is 204 g/mol. The maximum Gasteiger partial charge on any atom is 0.190 e. The highest BCUT2D eigenvalue weighted by atomic mass is 32.2. The van der Waals surface area contributed by atoms with Gasteiger partial charge in [0.05, 0.1) is 11.6 Å². The van der Waals surface area contributed by atoms with Gasteiger partial charge in [0.15, 0.2) is 10.8 Å². The summed E-state index contributed by atoms with van der Waals surface area (Å²) in [6, 6.07) is 0. The first-order chi connectivity index (χ1) is 6.35. The number of nitrogens with one attached hydrogen (secondary N) is 1. The van der Waals surface area contributed by atoms with Crippen molar-refractivity contribution in [3.8, 4) is 0 Å². The van der Waals surface area contributed by atoms with Crippen LogP contribution >= 0.6 is 23.5 Å². The van der Waals surface area contributed by atoms with Crippen molar-refractivity contribution in [3.05, 3.63) is 6.20 Å². The van der Waals surface area contributed by atoms with Gasteiger partial charge in [-0.3, -0.25) is 5.10 Å². The van der Waals surface area contributed by atoms with Gasteiger partial charge in [0.25, 0.3) is 0 Å². The molecule has 0 unspecified atom stereocenters. The van der Waals surface area contributed by atoms with Crippen molar-refractivity contribution in [3.63, 3.8) is 0 Å². The lowest BCUT2D eigenvalue weighted by molar-refractivity contribution is 0.925. The van der Waals surface area contributed by atoms with Crippen LogP contribution in [-0.4, -0.2) is 32.7 Å². The van der Waals surface area contributed by atoms with Crippen LogP contribution in [0.1, 0.15) is 0 Å². The number of thioether (sulfide) groups is 2. The Kier molecular flexibility index (Phi) is 2.41. The molecule has 13 heavy (non-hydrogen) atoms. The van der Waals surface area contributed by atoms with Crippen molar-refractivity contribution in [2.24, 2.45) is 0 Å². The molecule has 0 aliphatic rings. The number of H-pyrrole nitrogens is 1. The molecule has 0 saturated heterocycles. The summed E-state index contributed by atoms with van der Waals surface area (Å²) in [6.45, 7) is 0. The molecule has 2 aromatic heterocycles. The van der Waals surface area contributed by atoms with Gasteiger partial charge in [-0.1, -0.05) is 11.8 Å². The number of fused-ring (bicyclic) bond motifs is 1. The van der Waals surface area contributed by atoms with E-state index in [9.17, 15) is 0 Å². The van der Waals surface area contributed by atoms with Gasteiger partial charge in [0.1, 0.15) is 5.03 Å². The zero-order valence-corrected chi connectivity index (χ0v) is 8.87. The smallest absolute Gasteiger partial charge is 0.190 e. The average molecular weight is 212 g/mol. The molecule has 0 saturated carbocycles. The number of hydrogen-bond donors (Lipinski definition) is 1. The van der Waals surface area contributed by atoms with Crippen LogP contribution < -0.4 is 0 Å². The Hall–Kier alpha value is -0.750. The topological polar surface area (TPSA) is 54.5 Å². The van der Waals surface area contributed by atoms with Crippen LogP contribution in [0.5, 0.6) is 0 Å². The summed E-state index contributed by atoms with van der Waals surface area (Å²) < 4.78 is 0. The first kappa shape index (κ1) is 8.83. The van der Waals surface area contributed by atoms with Crippen molar-refractivity contribution in [1.82, 2.24) is 20.2 Å². The van der Waals surface area contributed by atoms with Gasteiger partial charge in [0, 0.05) is 0 Å². The fourth-order valence-electron chi connectivity index (χ4n) is 1.04. The molecule has 1 N–H and O–H groups in total. The molecule has 6 heteroatoms. The van der Waals surface area contributed by atoms with E-state index >= 15 is 0 Å². The number of aromatic amines is 1. The van der Waals surface area contributed by atoms with Crippen LogP contribution in [0.4, 0.5) is 0 Å². The number of rotatable bonds is 2. The Morgan fingerprint density at radius 2 is 2.08 bits per heavy atom. The van der Waals surface area contributed by atoms with Gasteiger partial charge >= 0.3 is 0 Å². The lowest BCUT2D eigenvalue weighted by atomic mass is 10.4. The van der Waals surface area contributed by atoms with Crippen LogP contribution in [0.15, 0.2) is 16.4 Å². The average Bonchev–Trinajstić information content (AvgIpc) is 2.63. The minimum Gasteiger partial charge on any atom is -0.261 e. The summed E-state index contributed by atoms with van der Waals surface area (Å²) in [4.78, 5) is 8.65. The molecule has 0 aliphatic heterocycles. The molecule has 0 atom stereocenters. The second-order valence-electron chi connectivity index (χ2n) is 2.35. The largest absolute Gasteiger partial charge is 0.261 e. The summed E-state index contributed by atoms with van der Waals surface area (Å²) >= 11 is 3.14. The molecule has 0 radical (unpaired) electrons. The molecule has 0 aromatic carbocycles. The number of nitrogens with zero attached hydrogens (tertiary/aromatic N) is 3. The first-order valence-electron chi connectivity index (χ1n) is 3.64. The van der Waals surface area contributed by atoms with E-state index in [0.717, 1.165) is 21.2 Å². The van der Waals surface area contributed by atoms with Gasteiger partial charge in [0.2, 0.25) is 0 Å². The molecule has 2 aromatic rings. The van der Waals surface area contributed by atoms with E-state index in [4.69, 9.17) is 0 Å². The zero-order chi connectivity index (χ0) is 9.26. The fraction of sp³-hybridized carbons (Fsp3) is 0.286. The molecule has 0 spiro atoms. The lowest BCUT2D eigenvalue weighted by Gasteiger charge is -1.99. The molecular formula is C7H8N4S2. The highest BCUT2D eigenvalue weighted by Gasteiger charge is 2.07. The maximum atomic E-state index is 4.36. The molecule has 0 bridgehead atoms. The third-order valence-corrected chi connectivity index (χ3v) is 2.88. The van der Waals surface area contributed by atoms with Crippen LogP contribution in [0, 0.1) is 0 Å². The standard InChI is InChI=1S/C7H8N4S2/c1-12-6-4-3-8-11-5(4)9-7(10-6)13-2/h3H,1-2H3,(H,8,9,10,11). The van der Waals surface area contributed by atoms with Crippen LogP contribution in [0.25, 0.3) is 11.0 Å². The first-order valence-corrected chi connectivity index (χ1v) is 6.09. The Labute approximate surface area is 83.9 Å². The number of hydrogen-bond acceptors (Lipinski definition) is 5. The Morgan fingerprint density at radius 1 is 1.23 bits per heavy atom. The van der Waals surface area contributed by atoms with Crippen LogP contribution in [-0.2, 0) is 0 Å². The summed E-state index contributed by atoms with van der Waals surface area (Å²) in [5.74, 6) is 0. The molecule has 4 nitrogen and oxygen atoms in total. The molecule has 2 heterocycles. The second kappa shape index (κ2) is 3.55. The minimum atomic E-state index is 0.779. The van der Waals surface area contributed by atoms with E-state index in [1.807, 2.05) is 12.5 Å². The van der Waals surface area contributed by atoms with Gasteiger partial charge in [-0.15, -0.1) is 11.8 Å². The predicted octanol–water partition coefficient (Wildman–Crippen LogP) is 1.80. The molecule has 0 aliphatic carbocycles. The third-order valence-electron chi connectivity index (χ3n) is 1.63. The molecule has 0 fully saturated rings. The van der Waals surface area contributed by atoms with E-state index in [2.05, 4.69) is 20.2 Å². The normalized spacial score (nSPS) is 10.9. The zero-order valence-electron chi connectivity index (χ0n) is 7.24. The van der Waals surface area contributed by atoms with Crippen LogP contribution in [0.2, 0.25) is 0 Å². The molecule has 2 rings (SSSR count). The predicted molar refractivity (Wildman–Crippen MR) is 55.2 cm³/mol. The Bertz CT molecular complexity index is 425. The van der Waals surface area contributed by atoms with Crippen molar-refractivity contribution >= 4 is 34.6 Å². The van der Waals surface area contributed by atoms with E-state index in [-0.39, 0.29) is 0 Å².